The number of aliphatic carboxylic acids is 1. The van der Waals surface area contributed by atoms with Crippen LogP contribution in [0.5, 0.6) is 0 Å². The van der Waals surface area contributed by atoms with Crippen LogP contribution in [0, 0.1) is 0 Å². The predicted molar refractivity (Wildman–Crippen MR) is 101 cm³/mol. The highest BCUT2D eigenvalue weighted by Crippen LogP contribution is 2.39. The molecule has 2 fully saturated rings. The van der Waals surface area contributed by atoms with Crippen molar-refractivity contribution in [3.05, 3.63) is 30.1 Å². The number of anilines is 3. The SMILES string of the molecule is C[C@]1(O)C[C@@H](C(=O)O)N(c2nc(Nc3cc(C4CC4)[nH]n3)n3cccc3n2)C1. The summed E-state index contributed by atoms with van der Waals surface area (Å²) < 4.78 is 1.78. The minimum absolute atomic E-state index is 0.116. The van der Waals surface area contributed by atoms with Gasteiger partial charge in [0, 0.05) is 30.3 Å². The summed E-state index contributed by atoms with van der Waals surface area (Å²) in [5, 5.41) is 30.5. The van der Waals surface area contributed by atoms with Gasteiger partial charge in [0.05, 0.1) is 12.1 Å². The Labute approximate surface area is 160 Å². The van der Waals surface area contributed by atoms with Crippen LogP contribution < -0.4 is 10.2 Å². The molecule has 0 radical (unpaired) electrons. The number of β-amino-alcohol motifs (C(OH)–C–C–N with tert-alkyl or cyclic N) is 1. The van der Waals surface area contributed by atoms with E-state index in [1.807, 2.05) is 24.4 Å². The number of hydrogen-bond donors (Lipinski definition) is 4. The van der Waals surface area contributed by atoms with Crippen molar-refractivity contribution >= 4 is 29.3 Å². The zero-order valence-electron chi connectivity index (χ0n) is 15.3. The number of rotatable bonds is 5. The van der Waals surface area contributed by atoms with E-state index in [9.17, 15) is 15.0 Å². The van der Waals surface area contributed by atoms with E-state index in [1.165, 1.54) is 12.8 Å². The van der Waals surface area contributed by atoms with Gasteiger partial charge in [-0.2, -0.15) is 15.1 Å². The molecule has 0 bridgehead atoms. The van der Waals surface area contributed by atoms with E-state index in [-0.39, 0.29) is 18.9 Å². The van der Waals surface area contributed by atoms with Crippen LogP contribution in [0.25, 0.3) is 5.65 Å². The van der Waals surface area contributed by atoms with Crippen LogP contribution in [0.4, 0.5) is 17.7 Å². The Morgan fingerprint density at radius 3 is 2.96 bits per heavy atom. The molecule has 146 valence electrons. The average Bonchev–Trinajstić information content (AvgIpc) is 3.05. The Balaban J connectivity index is 1.52. The second-order valence-corrected chi connectivity index (χ2v) is 7.87. The fourth-order valence-corrected chi connectivity index (χ4v) is 3.75. The van der Waals surface area contributed by atoms with Gasteiger partial charge in [0.2, 0.25) is 11.9 Å². The zero-order chi connectivity index (χ0) is 19.5. The van der Waals surface area contributed by atoms with Crippen molar-refractivity contribution < 1.29 is 15.0 Å². The number of aromatic nitrogens is 5. The molecule has 5 rings (SSSR count). The lowest BCUT2D eigenvalue weighted by Gasteiger charge is -2.22. The Morgan fingerprint density at radius 2 is 2.21 bits per heavy atom. The van der Waals surface area contributed by atoms with E-state index >= 15 is 0 Å². The van der Waals surface area contributed by atoms with Crippen molar-refractivity contribution in [2.75, 3.05) is 16.8 Å². The molecule has 1 aliphatic carbocycles. The molecule has 3 aromatic heterocycles. The topological polar surface area (TPSA) is 132 Å². The first-order valence-corrected chi connectivity index (χ1v) is 9.29. The highest BCUT2D eigenvalue weighted by molar-refractivity contribution is 5.79. The number of aromatic amines is 1. The van der Waals surface area contributed by atoms with Crippen LogP contribution in [0.2, 0.25) is 0 Å². The molecule has 2 atom stereocenters. The second-order valence-electron chi connectivity index (χ2n) is 7.87. The Morgan fingerprint density at radius 1 is 1.39 bits per heavy atom. The van der Waals surface area contributed by atoms with Gasteiger partial charge >= 0.3 is 5.97 Å². The van der Waals surface area contributed by atoms with Gasteiger partial charge in [-0.3, -0.25) is 9.50 Å². The van der Waals surface area contributed by atoms with Crippen LogP contribution >= 0.6 is 0 Å². The number of carbonyl (C=O) groups is 1. The van der Waals surface area contributed by atoms with Gasteiger partial charge in [-0.25, -0.2) is 4.79 Å². The van der Waals surface area contributed by atoms with E-state index < -0.39 is 17.6 Å². The molecule has 0 aromatic carbocycles. The Hall–Kier alpha value is -3.14. The van der Waals surface area contributed by atoms with Crippen molar-refractivity contribution in [3.8, 4) is 0 Å². The molecule has 0 amide bonds. The van der Waals surface area contributed by atoms with Crippen LogP contribution in [-0.2, 0) is 4.79 Å². The standard InChI is InChI=1S/C18H21N7O3/c1-18(28)8-12(15(26)27)25(9-18)17-20-14-3-2-6-24(14)16(21-17)19-13-7-11(22-23-13)10-4-5-10/h2-3,6-7,10,12,28H,4-5,8-9H2,1H3,(H,26,27)(H2,19,20,21,22,23)/t12-,18-/m0/s1. The lowest BCUT2D eigenvalue weighted by Crippen LogP contribution is -2.37. The first-order valence-electron chi connectivity index (χ1n) is 9.29. The van der Waals surface area contributed by atoms with E-state index in [0.717, 1.165) is 5.69 Å². The highest BCUT2D eigenvalue weighted by Gasteiger charge is 2.44. The van der Waals surface area contributed by atoms with Crippen molar-refractivity contribution in [2.45, 2.75) is 43.7 Å². The molecule has 3 aromatic rings. The first-order chi connectivity index (χ1) is 13.4. The number of carboxylic acid groups (broad SMARTS) is 1. The number of H-pyrrole nitrogens is 1. The van der Waals surface area contributed by atoms with Crippen molar-refractivity contribution in [1.82, 2.24) is 24.6 Å². The Kier molecular flexibility index (Phi) is 3.60. The maximum atomic E-state index is 11.7. The van der Waals surface area contributed by atoms with Gasteiger partial charge < -0.3 is 20.4 Å². The lowest BCUT2D eigenvalue weighted by atomic mass is 10.0. The number of nitrogens with one attached hydrogen (secondary N) is 2. The van der Waals surface area contributed by atoms with Crippen LogP contribution in [0.1, 0.15) is 37.8 Å². The zero-order valence-corrected chi connectivity index (χ0v) is 15.3. The maximum Gasteiger partial charge on any atom is 0.326 e. The third-order valence-electron chi connectivity index (χ3n) is 5.29. The summed E-state index contributed by atoms with van der Waals surface area (Å²) in [7, 11) is 0. The number of aliphatic hydroxyl groups is 1. The summed E-state index contributed by atoms with van der Waals surface area (Å²) in [6.45, 7) is 1.77. The minimum Gasteiger partial charge on any atom is -0.480 e. The average molecular weight is 383 g/mol. The van der Waals surface area contributed by atoms with Gasteiger partial charge in [0.25, 0.3) is 0 Å². The van der Waals surface area contributed by atoms with Gasteiger partial charge in [-0.05, 0) is 31.9 Å². The van der Waals surface area contributed by atoms with Gasteiger partial charge in [0.1, 0.15) is 11.7 Å². The maximum absolute atomic E-state index is 11.7. The second kappa shape index (κ2) is 5.93. The molecule has 10 heteroatoms. The summed E-state index contributed by atoms with van der Waals surface area (Å²) in [5.74, 6) is 0.933. The van der Waals surface area contributed by atoms with E-state index in [4.69, 9.17) is 0 Å². The van der Waals surface area contributed by atoms with Gasteiger partial charge in [-0.1, -0.05) is 0 Å². The van der Waals surface area contributed by atoms with E-state index in [0.29, 0.717) is 23.3 Å². The Bertz CT molecular complexity index is 1050. The quantitative estimate of drug-likeness (QED) is 0.521. The number of hydrogen-bond acceptors (Lipinski definition) is 7. The van der Waals surface area contributed by atoms with E-state index in [1.54, 1.807) is 16.2 Å². The summed E-state index contributed by atoms with van der Waals surface area (Å²) in [4.78, 5) is 22.3. The molecule has 10 nitrogen and oxygen atoms in total. The number of fused-ring (bicyclic) bond motifs is 1. The molecule has 4 N–H and O–H groups in total. The molecule has 4 heterocycles. The summed E-state index contributed by atoms with van der Waals surface area (Å²) in [6.07, 6.45) is 4.29. The fourth-order valence-electron chi connectivity index (χ4n) is 3.75. The summed E-state index contributed by atoms with van der Waals surface area (Å²) >= 11 is 0. The largest absolute Gasteiger partial charge is 0.480 e. The van der Waals surface area contributed by atoms with Crippen LogP contribution in [0.15, 0.2) is 24.4 Å². The normalized spacial score (nSPS) is 24.8. The smallest absolute Gasteiger partial charge is 0.326 e. The van der Waals surface area contributed by atoms with Gasteiger partial charge in [-0.15, -0.1) is 0 Å². The molecule has 1 saturated heterocycles. The first kappa shape index (κ1) is 17.0. The third-order valence-corrected chi connectivity index (χ3v) is 5.29. The molecule has 0 unspecified atom stereocenters. The van der Waals surface area contributed by atoms with Crippen molar-refractivity contribution in [1.29, 1.82) is 0 Å². The number of carboxylic acids is 1. The highest BCUT2D eigenvalue weighted by atomic mass is 16.4. The van der Waals surface area contributed by atoms with Gasteiger partial charge in [0.15, 0.2) is 5.82 Å². The molecule has 1 aliphatic heterocycles. The van der Waals surface area contributed by atoms with Crippen LogP contribution in [-0.4, -0.2) is 58.9 Å². The fraction of sp³-hybridized carbons (Fsp3) is 0.444. The van der Waals surface area contributed by atoms with Crippen LogP contribution in [0.3, 0.4) is 0 Å². The predicted octanol–water partition coefficient (Wildman–Crippen LogP) is 1.49. The molecule has 1 saturated carbocycles. The number of nitrogens with zero attached hydrogens (tertiary/aromatic N) is 5. The summed E-state index contributed by atoms with van der Waals surface area (Å²) in [6, 6.07) is 4.75. The molecule has 28 heavy (non-hydrogen) atoms. The van der Waals surface area contributed by atoms with E-state index in [2.05, 4.69) is 25.5 Å². The van der Waals surface area contributed by atoms with Crippen molar-refractivity contribution in [3.63, 3.8) is 0 Å². The molecule has 2 aliphatic rings. The molecular formula is C18H21N7O3. The summed E-state index contributed by atoms with van der Waals surface area (Å²) in [5.41, 5.74) is 0.610. The third kappa shape index (κ3) is 2.95. The minimum atomic E-state index is -1.12. The van der Waals surface area contributed by atoms with Crippen molar-refractivity contribution in [2.24, 2.45) is 0 Å². The monoisotopic (exact) mass is 383 g/mol. The molecular weight excluding hydrogens is 362 g/mol. The lowest BCUT2D eigenvalue weighted by molar-refractivity contribution is -0.138. The molecule has 0 spiro atoms.